The van der Waals surface area contributed by atoms with Crippen LogP contribution in [0.25, 0.3) is 10.6 Å². The minimum atomic E-state index is -0.0906. The van der Waals surface area contributed by atoms with Crippen molar-refractivity contribution < 1.29 is 14.3 Å². The predicted molar refractivity (Wildman–Crippen MR) is 123 cm³/mol. The van der Waals surface area contributed by atoms with Gasteiger partial charge >= 0.3 is 0 Å². The van der Waals surface area contributed by atoms with E-state index in [0.717, 1.165) is 60.4 Å². The normalized spacial score (nSPS) is 14.4. The first-order valence-electron chi connectivity index (χ1n) is 10.4. The third-order valence-corrected chi connectivity index (χ3v) is 6.53. The zero-order chi connectivity index (χ0) is 21.6. The Labute approximate surface area is 186 Å². The molecule has 0 atom stereocenters. The maximum Gasteiger partial charge on any atom is 0.263 e. The van der Waals surface area contributed by atoms with Crippen LogP contribution >= 0.6 is 11.3 Å². The molecule has 1 saturated heterocycles. The van der Waals surface area contributed by atoms with Gasteiger partial charge in [-0.25, -0.2) is 4.98 Å². The number of aromatic nitrogens is 1. The third-order valence-electron chi connectivity index (χ3n) is 5.33. The molecule has 1 aromatic heterocycles. The molecule has 1 aliphatic heterocycles. The highest BCUT2D eigenvalue weighted by Gasteiger charge is 2.16. The maximum atomic E-state index is 12.7. The van der Waals surface area contributed by atoms with Crippen molar-refractivity contribution in [2.75, 3.05) is 33.4 Å². The topological polar surface area (TPSA) is 63.7 Å². The number of hydrogen-bond donors (Lipinski definition) is 1. The smallest absolute Gasteiger partial charge is 0.263 e. The van der Waals surface area contributed by atoms with Gasteiger partial charge in [0.05, 0.1) is 26.0 Å². The molecule has 162 valence electrons. The molecule has 2 heterocycles. The number of methoxy groups -OCH3 is 1. The average Bonchev–Trinajstić information content (AvgIpc) is 3.21. The number of rotatable bonds is 7. The molecule has 7 heteroatoms. The van der Waals surface area contributed by atoms with E-state index in [0.29, 0.717) is 11.4 Å². The van der Waals surface area contributed by atoms with E-state index < -0.39 is 0 Å². The zero-order valence-electron chi connectivity index (χ0n) is 17.9. The number of benzene rings is 2. The summed E-state index contributed by atoms with van der Waals surface area (Å²) in [6, 6.07) is 16.1. The Balaban J connectivity index is 1.34. The summed E-state index contributed by atoms with van der Waals surface area (Å²) in [4.78, 5) is 20.4. The molecule has 31 heavy (non-hydrogen) atoms. The van der Waals surface area contributed by atoms with Gasteiger partial charge in [0.15, 0.2) is 0 Å². The molecule has 2 aromatic carbocycles. The monoisotopic (exact) mass is 437 g/mol. The Morgan fingerprint density at radius 2 is 1.77 bits per heavy atom. The van der Waals surface area contributed by atoms with E-state index in [1.54, 1.807) is 7.11 Å². The summed E-state index contributed by atoms with van der Waals surface area (Å²) in [6.07, 6.45) is 0. The number of amides is 1. The highest BCUT2D eigenvalue weighted by molar-refractivity contribution is 7.17. The minimum Gasteiger partial charge on any atom is -0.497 e. The molecule has 0 spiro atoms. The number of carbonyl (C=O) groups excluding carboxylic acids is 1. The molecule has 1 N–H and O–H groups in total. The van der Waals surface area contributed by atoms with E-state index in [9.17, 15) is 4.79 Å². The first-order valence-corrected chi connectivity index (χ1v) is 11.2. The van der Waals surface area contributed by atoms with E-state index in [2.05, 4.69) is 39.5 Å². The van der Waals surface area contributed by atoms with Crippen LogP contribution in [-0.2, 0) is 17.8 Å². The average molecular weight is 438 g/mol. The lowest BCUT2D eigenvalue weighted by Gasteiger charge is -2.26. The molecule has 0 saturated carbocycles. The van der Waals surface area contributed by atoms with Crippen molar-refractivity contribution in [2.24, 2.45) is 0 Å². The molecular weight excluding hydrogens is 410 g/mol. The summed E-state index contributed by atoms with van der Waals surface area (Å²) in [6.45, 7) is 6.87. The van der Waals surface area contributed by atoms with Crippen LogP contribution in [-0.4, -0.2) is 49.2 Å². The number of morpholine rings is 1. The summed E-state index contributed by atoms with van der Waals surface area (Å²) in [5.41, 5.74) is 4.08. The number of aryl methyl sites for hydroxylation is 1. The van der Waals surface area contributed by atoms with Gasteiger partial charge in [0.1, 0.15) is 15.6 Å². The van der Waals surface area contributed by atoms with Crippen LogP contribution in [0, 0.1) is 6.92 Å². The molecule has 1 amide bonds. The fourth-order valence-corrected chi connectivity index (χ4v) is 4.49. The van der Waals surface area contributed by atoms with Crippen molar-refractivity contribution in [1.29, 1.82) is 0 Å². The summed E-state index contributed by atoms with van der Waals surface area (Å²) in [5.74, 6) is 0.707. The fourth-order valence-electron chi connectivity index (χ4n) is 3.51. The molecule has 0 bridgehead atoms. The quantitative estimate of drug-likeness (QED) is 0.608. The van der Waals surface area contributed by atoms with Gasteiger partial charge in [0.2, 0.25) is 0 Å². The van der Waals surface area contributed by atoms with Gasteiger partial charge in [0.25, 0.3) is 5.91 Å². The lowest BCUT2D eigenvalue weighted by Crippen LogP contribution is -2.35. The number of nitrogens with zero attached hydrogens (tertiary/aromatic N) is 2. The molecule has 4 rings (SSSR count). The summed E-state index contributed by atoms with van der Waals surface area (Å²) < 4.78 is 10.6. The lowest BCUT2D eigenvalue weighted by molar-refractivity contribution is 0.0342. The third kappa shape index (κ3) is 5.50. The van der Waals surface area contributed by atoms with Crippen molar-refractivity contribution >= 4 is 17.2 Å². The lowest BCUT2D eigenvalue weighted by atomic mass is 10.1. The number of thiazole rings is 1. The van der Waals surface area contributed by atoms with Gasteiger partial charge in [-0.1, -0.05) is 24.3 Å². The van der Waals surface area contributed by atoms with Crippen LogP contribution in [0.2, 0.25) is 0 Å². The molecule has 1 aliphatic rings. The van der Waals surface area contributed by atoms with Gasteiger partial charge in [0, 0.05) is 31.7 Å². The van der Waals surface area contributed by atoms with Crippen LogP contribution < -0.4 is 10.1 Å². The van der Waals surface area contributed by atoms with Crippen LogP contribution in [0.5, 0.6) is 5.75 Å². The van der Waals surface area contributed by atoms with Crippen LogP contribution in [0.3, 0.4) is 0 Å². The first kappa shape index (κ1) is 21.5. The Bertz CT molecular complexity index is 1010. The molecule has 6 nitrogen and oxygen atoms in total. The molecule has 3 aromatic rings. The summed E-state index contributed by atoms with van der Waals surface area (Å²) in [7, 11) is 1.64. The van der Waals surface area contributed by atoms with Gasteiger partial charge in [-0.05, 0) is 42.3 Å². The van der Waals surface area contributed by atoms with Crippen molar-refractivity contribution in [3.8, 4) is 16.3 Å². The number of nitrogens with one attached hydrogen (secondary N) is 1. The molecular formula is C24H27N3O3S. The Morgan fingerprint density at radius 3 is 2.45 bits per heavy atom. The largest absolute Gasteiger partial charge is 0.497 e. The van der Waals surface area contributed by atoms with Crippen LogP contribution in [0.15, 0.2) is 48.5 Å². The molecule has 0 unspecified atom stereocenters. The number of ether oxygens (including phenoxy) is 2. The molecule has 0 radical (unpaired) electrons. The molecule has 0 aliphatic carbocycles. The second-order valence-corrected chi connectivity index (χ2v) is 8.55. The van der Waals surface area contributed by atoms with Gasteiger partial charge in [-0.2, -0.15) is 0 Å². The van der Waals surface area contributed by atoms with Crippen molar-refractivity contribution in [2.45, 2.75) is 20.0 Å². The van der Waals surface area contributed by atoms with Crippen LogP contribution in [0.4, 0.5) is 0 Å². The minimum absolute atomic E-state index is 0.0906. The first-order chi connectivity index (χ1) is 15.1. The van der Waals surface area contributed by atoms with Gasteiger partial charge in [-0.15, -0.1) is 11.3 Å². The van der Waals surface area contributed by atoms with E-state index in [1.165, 1.54) is 16.9 Å². The van der Waals surface area contributed by atoms with Crippen molar-refractivity contribution in [3.63, 3.8) is 0 Å². The number of carbonyl (C=O) groups is 1. The van der Waals surface area contributed by atoms with Gasteiger partial charge in [-0.3, -0.25) is 9.69 Å². The highest BCUT2D eigenvalue weighted by atomic mass is 32.1. The highest BCUT2D eigenvalue weighted by Crippen LogP contribution is 2.29. The Kier molecular flexibility index (Phi) is 6.96. The standard InChI is InChI=1S/C24H27N3O3S/c1-17-22(31-24(26-17)20-7-9-21(29-2)10-8-20)23(28)25-15-18-3-5-19(6-4-18)16-27-11-13-30-14-12-27/h3-10H,11-16H2,1-2H3,(H,25,28). The van der Waals surface area contributed by atoms with Gasteiger partial charge < -0.3 is 14.8 Å². The van der Waals surface area contributed by atoms with E-state index >= 15 is 0 Å². The maximum absolute atomic E-state index is 12.7. The Morgan fingerprint density at radius 1 is 1.10 bits per heavy atom. The zero-order valence-corrected chi connectivity index (χ0v) is 18.7. The van der Waals surface area contributed by atoms with E-state index in [1.807, 2.05) is 31.2 Å². The summed E-state index contributed by atoms with van der Waals surface area (Å²) in [5, 5.41) is 3.86. The van der Waals surface area contributed by atoms with E-state index in [4.69, 9.17) is 9.47 Å². The van der Waals surface area contributed by atoms with Crippen molar-refractivity contribution in [3.05, 3.63) is 70.2 Å². The Hall–Kier alpha value is -2.74. The van der Waals surface area contributed by atoms with Crippen LogP contribution in [0.1, 0.15) is 26.5 Å². The second-order valence-electron chi connectivity index (χ2n) is 7.55. The van der Waals surface area contributed by atoms with Crippen molar-refractivity contribution in [1.82, 2.24) is 15.2 Å². The second kappa shape index (κ2) is 10.0. The molecule has 1 fully saturated rings. The SMILES string of the molecule is COc1ccc(-c2nc(C)c(C(=O)NCc3ccc(CN4CCOCC4)cc3)s2)cc1. The summed E-state index contributed by atoms with van der Waals surface area (Å²) >= 11 is 1.41. The predicted octanol–water partition coefficient (Wildman–Crippen LogP) is 3.89. The fraction of sp³-hybridized carbons (Fsp3) is 0.333. The van der Waals surface area contributed by atoms with E-state index in [-0.39, 0.29) is 5.91 Å². The number of hydrogen-bond acceptors (Lipinski definition) is 6.